The van der Waals surface area contributed by atoms with E-state index >= 15 is 0 Å². The summed E-state index contributed by atoms with van der Waals surface area (Å²) in [5.74, 6) is -0.429. The normalized spacial score (nSPS) is 18.4. The van der Waals surface area contributed by atoms with Crippen molar-refractivity contribution in [2.24, 2.45) is 0 Å². The molecule has 2 atom stereocenters. The van der Waals surface area contributed by atoms with Crippen molar-refractivity contribution < 1.29 is 23.8 Å². The highest BCUT2D eigenvalue weighted by molar-refractivity contribution is 5.94. The van der Waals surface area contributed by atoms with Crippen molar-refractivity contribution in [3.63, 3.8) is 0 Å². The Morgan fingerprint density at radius 2 is 2.08 bits per heavy atom. The van der Waals surface area contributed by atoms with Crippen LogP contribution in [0.25, 0.3) is 0 Å². The van der Waals surface area contributed by atoms with Gasteiger partial charge in [0.15, 0.2) is 6.29 Å². The summed E-state index contributed by atoms with van der Waals surface area (Å²) in [5, 5.41) is 2.86. The molecule has 0 aliphatic carbocycles. The summed E-state index contributed by atoms with van der Waals surface area (Å²) in [6, 6.07) is 9.03. The molecule has 1 aliphatic rings. The van der Waals surface area contributed by atoms with Crippen LogP contribution in [0.3, 0.4) is 0 Å². The van der Waals surface area contributed by atoms with Gasteiger partial charge in [-0.3, -0.25) is 9.59 Å². The van der Waals surface area contributed by atoms with Crippen molar-refractivity contribution in [2.75, 3.05) is 19.8 Å². The molecule has 1 heterocycles. The molecular formula is C19H27NO5. The lowest BCUT2D eigenvalue weighted by Gasteiger charge is -2.27. The van der Waals surface area contributed by atoms with Gasteiger partial charge in [0.25, 0.3) is 5.91 Å². The molecule has 1 saturated heterocycles. The molecule has 2 rings (SSSR count). The van der Waals surface area contributed by atoms with Crippen LogP contribution in [0.4, 0.5) is 0 Å². The molecule has 1 fully saturated rings. The van der Waals surface area contributed by atoms with Crippen molar-refractivity contribution in [3.05, 3.63) is 35.9 Å². The Labute approximate surface area is 148 Å². The Balaban J connectivity index is 1.81. The second-order valence-corrected chi connectivity index (χ2v) is 5.97. The van der Waals surface area contributed by atoms with Crippen LogP contribution in [0.15, 0.2) is 30.3 Å². The predicted molar refractivity (Wildman–Crippen MR) is 93.1 cm³/mol. The van der Waals surface area contributed by atoms with Crippen molar-refractivity contribution in [3.8, 4) is 0 Å². The van der Waals surface area contributed by atoms with Gasteiger partial charge in [-0.2, -0.15) is 0 Å². The minimum atomic E-state index is -0.335. The lowest BCUT2D eigenvalue weighted by molar-refractivity contribution is -0.193. The van der Waals surface area contributed by atoms with Gasteiger partial charge in [0.1, 0.15) is 0 Å². The highest BCUT2D eigenvalue weighted by atomic mass is 16.7. The summed E-state index contributed by atoms with van der Waals surface area (Å²) in [7, 11) is 0. The van der Waals surface area contributed by atoms with Gasteiger partial charge >= 0.3 is 5.97 Å². The van der Waals surface area contributed by atoms with Gasteiger partial charge in [-0.15, -0.1) is 0 Å². The van der Waals surface area contributed by atoms with Crippen molar-refractivity contribution in [1.29, 1.82) is 0 Å². The molecule has 1 aromatic carbocycles. The number of nitrogens with one attached hydrogen (secondary N) is 1. The van der Waals surface area contributed by atoms with Gasteiger partial charge in [0.05, 0.1) is 19.1 Å². The quantitative estimate of drug-likeness (QED) is 0.694. The maximum Gasteiger partial charge on any atom is 0.308 e. The summed E-state index contributed by atoms with van der Waals surface area (Å²) < 4.78 is 16.5. The molecule has 0 aromatic heterocycles. The molecule has 0 spiro atoms. The number of carbonyl (C=O) groups excluding carboxylic acids is 2. The third-order valence-corrected chi connectivity index (χ3v) is 3.97. The van der Waals surface area contributed by atoms with E-state index in [-0.39, 0.29) is 30.7 Å². The molecule has 138 valence electrons. The van der Waals surface area contributed by atoms with Gasteiger partial charge < -0.3 is 19.5 Å². The van der Waals surface area contributed by atoms with E-state index in [0.717, 1.165) is 19.3 Å². The van der Waals surface area contributed by atoms with Gasteiger partial charge in [0.2, 0.25) is 0 Å². The van der Waals surface area contributed by atoms with E-state index in [1.54, 1.807) is 19.1 Å². The SMILES string of the molecule is CCOC(=O)C[C@@H](CCNC(=O)c1ccccc1)OC1CCCCO1. The van der Waals surface area contributed by atoms with Crippen molar-refractivity contribution >= 4 is 11.9 Å². The average molecular weight is 349 g/mol. The molecule has 0 saturated carbocycles. The van der Waals surface area contributed by atoms with Crippen LogP contribution < -0.4 is 5.32 Å². The first-order valence-electron chi connectivity index (χ1n) is 8.95. The zero-order valence-electron chi connectivity index (χ0n) is 14.7. The number of benzene rings is 1. The van der Waals surface area contributed by atoms with Gasteiger partial charge in [0, 0.05) is 18.7 Å². The van der Waals surface area contributed by atoms with Crippen molar-refractivity contribution in [1.82, 2.24) is 5.32 Å². The minimum Gasteiger partial charge on any atom is -0.466 e. The van der Waals surface area contributed by atoms with Crippen LogP contribution in [0.5, 0.6) is 0 Å². The zero-order valence-corrected chi connectivity index (χ0v) is 14.7. The smallest absolute Gasteiger partial charge is 0.308 e. The third-order valence-electron chi connectivity index (χ3n) is 3.97. The molecule has 1 unspecified atom stereocenters. The lowest BCUT2D eigenvalue weighted by Crippen LogP contribution is -2.33. The maximum atomic E-state index is 12.1. The van der Waals surface area contributed by atoms with Gasteiger partial charge in [-0.05, 0) is 44.7 Å². The topological polar surface area (TPSA) is 73.9 Å². The van der Waals surface area contributed by atoms with E-state index in [1.165, 1.54) is 0 Å². The van der Waals surface area contributed by atoms with E-state index in [2.05, 4.69) is 5.32 Å². The van der Waals surface area contributed by atoms with Gasteiger partial charge in [-0.25, -0.2) is 0 Å². The summed E-state index contributed by atoms with van der Waals surface area (Å²) in [6.45, 7) is 3.22. The van der Waals surface area contributed by atoms with E-state index in [9.17, 15) is 9.59 Å². The van der Waals surface area contributed by atoms with Crippen LogP contribution in [0.2, 0.25) is 0 Å². The zero-order chi connectivity index (χ0) is 17.9. The van der Waals surface area contributed by atoms with Crippen LogP contribution in [0, 0.1) is 0 Å². The summed E-state index contributed by atoms with van der Waals surface area (Å²) in [4.78, 5) is 23.9. The first-order valence-corrected chi connectivity index (χ1v) is 8.95. The molecule has 0 radical (unpaired) electrons. The van der Waals surface area contributed by atoms with Crippen LogP contribution in [-0.4, -0.2) is 44.0 Å². The molecule has 6 nitrogen and oxygen atoms in total. The fourth-order valence-corrected chi connectivity index (χ4v) is 2.70. The largest absolute Gasteiger partial charge is 0.466 e. The molecule has 6 heteroatoms. The third kappa shape index (κ3) is 7.23. The Hall–Kier alpha value is -1.92. The number of hydrogen-bond acceptors (Lipinski definition) is 5. The first-order chi connectivity index (χ1) is 12.2. The highest BCUT2D eigenvalue weighted by Gasteiger charge is 2.22. The lowest BCUT2D eigenvalue weighted by atomic mass is 10.1. The first kappa shape index (κ1) is 19.4. The van der Waals surface area contributed by atoms with Crippen LogP contribution >= 0.6 is 0 Å². The second kappa shape index (κ2) is 10.8. The number of carbonyl (C=O) groups is 2. The Morgan fingerprint density at radius 3 is 2.76 bits per heavy atom. The standard InChI is InChI=1S/C19H27NO5/c1-2-23-17(21)14-16(25-18-10-6-7-13-24-18)11-12-20-19(22)15-8-4-3-5-9-15/h3-5,8-9,16,18H,2,6-7,10-14H2,1H3,(H,20,22)/t16-,18?/m1/s1. The number of hydrogen-bond donors (Lipinski definition) is 1. The Morgan fingerprint density at radius 1 is 1.28 bits per heavy atom. The number of esters is 1. The summed E-state index contributed by atoms with van der Waals surface area (Å²) in [6.07, 6.45) is 3.00. The van der Waals surface area contributed by atoms with Crippen molar-refractivity contribution in [2.45, 2.75) is 51.4 Å². The number of amides is 1. The Bertz CT molecular complexity index is 528. The molecular weight excluding hydrogens is 322 g/mol. The van der Waals surface area contributed by atoms with E-state index < -0.39 is 0 Å². The number of rotatable bonds is 9. The van der Waals surface area contributed by atoms with E-state index in [4.69, 9.17) is 14.2 Å². The maximum absolute atomic E-state index is 12.1. The minimum absolute atomic E-state index is 0.135. The highest BCUT2D eigenvalue weighted by Crippen LogP contribution is 2.18. The van der Waals surface area contributed by atoms with Crippen LogP contribution in [-0.2, 0) is 19.0 Å². The summed E-state index contributed by atoms with van der Waals surface area (Å²) in [5.41, 5.74) is 0.612. The molecule has 1 aromatic rings. The summed E-state index contributed by atoms with van der Waals surface area (Å²) >= 11 is 0. The van der Waals surface area contributed by atoms with E-state index in [1.807, 2.05) is 18.2 Å². The fraction of sp³-hybridized carbons (Fsp3) is 0.579. The molecule has 1 amide bonds. The predicted octanol–water partition coefficient (Wildman–Crippen LogP) is 2.67. The fourth-order valence-electron chi connectivity index (χ4n) is 2.70. The number of ether oxygens (including phenoxy) is 3. The monoisotopic (exact) mass is 349 g/mol. The second-order valence-electron chi connectivity index (χ2n) is 5.97. The molecule has 25 heavy (non-hydrogen) atoms. The Kier molecular flexibility index (Phi) is 8.42. The molecule has 1 N–H and O–H groups in total. The van der Waals surface area contributed by atoms with Crippen LogP contribution in [0.1, 0.15) is 49.4 Å². The van der Waals surface area contributed by atoms with E-state index in [0.29, 0.717) is 31.7 Å². The molecule has 0 bridgehead atoms. The van der Waals surface area contributed by atoms with Gasteiger partial charge in [-0.1, -0.05) is 18.2 Å². The average Bonchev–Trinajstić information content (AvgIpc) is 2.63. The molecule has 1 aliphatic heterocycles.